The van der Waals surface area contributed by atoms with Gasteiger partial charge in [0.05, 0.1) is 5.69 Å². The molecule has 27 heavy (non-hydrogen) atoms. The molecular formula is C21H19N3O2S. The highest BCUT2D eigenvalue weighted by atomic mass is 32.2. The molecule has 0 bridgehead atoms. The summed E-state index contributed by atoms with van der Waals surface area (Å²) in [4.78, 5) is 4.58. The molecule has 0 aliphatic carbocycles. The van der Waals surface area contributed by atoms with Gasteiger partial charge in [-0.2, -0.15) is 0 Å². The van der Waals surface area contributed by atoms with Crippen molar-refractivity contribution in [2.45, 2.75) is 31.7 Å². The lowest BCUT2D eigenvalue weighted by Gasteiger charge is -2.02. The van der Waals surface area contributed by atoms with Crippen LogP contribution in [0.25, 0.3) is 22.9 Å². The molecule has 6 heteroatoms. The van der Waals surface area contributed by atoms with Gasteiger partial charge in [-0.1, -0.05) is 47.2 Å². The van der Waals surface area contributed by atoms with Gasteiger partial charge in [0.2, 0.25) is 11.8 Å². The van der Waals surface area contributed by atoms with Crippen molar-refractivity contribution in [3.8, 4) is 22.9 Å². The Labute approximate surface area is 161 Å². The monoisotopic (exact) mass is 377 g/mol. The molecule has 5 nitrogen and oxygen atoms in total. The van der Waals surface area contributed by atoms with E-state index in [0.29, 0.717) is 22.8 Å². The lowest BCUT2D eigenvalue weighted by atomic mass is 10.1. The third-order valence-electron chi connectivity index (χ3n) is 4.21. The number of aryl methyl sites for hydroxylation is 3. The van der Waals surface area contributed by atoms with Crippen molar-refractivity contribution >= 4 is 11.8 Å². The molecule has 4 rings (SSSR count). The molecule has 136 valence electrons. The molecule has 0 aliphatic heterocycles. The highest BCUT2D eigenvalue weighted by Crippen LogP contribution is 2.28. The van der Waals surface area contributed by atoms with Crippen LogP contribution in [0.4, 0.5) is 0 Å². The summed E-state index contributed by atoms with van der Waals surface area (Å²) in [6.07, 6.45) is 1.68. The zero-order valence-corrected chi connectivity index (χ0v) is 16.2. The number of hydrogen-bond acceptors (Lipinski definition) is 6. The Kier molecular flexibility index (Phi) is 4.81. The van der Waals surface area contributed by atoms with Gasteiger partial charge >= 0.3 is 0 Å². The summed E-state index contributed by atoms with van der Waals surface area (Å²) in [5, 5.41) is 8.74. The average molecular weight is 377 g/mol. The van der Waals surface area contributed by atoms with Crippen LogP contribution in [0.3, 0.4) is 0 Å². The number of thioether (sulfide) groups is 1. The first-order valence-corrected chi connectivity index (χ1v) is 9.62. The van der Waals surface area contributed by atoms with E-state index in [9.17, 15) is 0 Å². The maximum atomic E-state index is 5.74. The SMILES string of the molecule is Cc1ccc(-c2nnc(SCc3coc(-c4ccc(C)cc4C)n3)o2)cc1. The second kappa shape index (κ2) is 7.40. The van der Waals surface area contributed by atoms with Gasteiger partial charge in [-0.15, -0.1) is 10.2 Å². The Balaban J connectivity index is 1.44. The molecule has 2 aromatic carbocycles. The van der Waals surface area contributed by atoms with Gasteiger partial charge in [0.25, 0.3) is 5.22 Å². The second-order valence-corrected chi connectivity index (χ2v) is 7.42. The topological polar surface area (TPSA) is 65.0 Å². The second-order valence-electron chi connectivity index (χ2n) is 6.49. The summed E-state index contributed by atoms with van der Waals surface area (Å²) >= 11 is 1.44. The van der Waals surface area contributed by atoms with E-state index in [1.165, 1.54) is 22.9 Å². The van der Waals surface area contributed by atoms with Gasteiger partial charge in [0, 0.05) is 16.9 Å². The Morgan fingerprint density at radius 3 is 2.44 bits per heavy atom. The molecule has 0 saturated carbocycles. The highest BCUT2D eigenvalue weighted by molar-refractivity contribution is 7.98. The summed E-state index contributed by atoms with van der Waals surface area (Å²) in [6, 6.07) is 14.2. The molecule has 4 aromatic rings. The van der Waals surface area contributed by atoms with Crippen molar-refractivity contribution in [3.05, 3.63) is 71.1 Å². The van der Waals surface area contributed by atoms with Gasteiger partial charge in [-0.25, -0.2) is 4.98 Å². The van der Waals surface area contributed by atoms with Crippen molar-refractivity contribution in [1.29, 1.82) is 0 Å². The molecule has 0 atom stereocenters. The number of aromatic nitrogens is 3. The van der Waals surface area contributed by atoms with E-state index in [1.54, 1.807) is 6.26 Å². The number of benzene rings is 2. The number of oxazole rings is 1. The average Bonchev–Trinajstić information content (AvgIpc) is 3.30. The molecule has 0 radical (unpaired) electrons. The third kappa shape index (κ3) is 3.95. The van der Waals surface area contributed by atoms with Gasteiger partial charge in [0.15, 0.2) is 0 Å². The number of rotatable bonds is 5. The van der Waals surface area contributed by atoms with Crippen LogP contribution in [0.1, 0.15) is 22.4 Å². The first-order chi connectivity index (χ1) is 13.1. The van der Waals surface area contributed by atoms with Crippen molar-refractivity contribution in [3.63, 3.8) is 0 Å². The zero-order valence-electron chi connectivity index (χ0n) is 15.4. The number of nitrogens with zero attached hydrogens (tertiary/aromatic N) is 3. The number of hydrogen-bond donors (Lipinski definition) is 0. The molecule has 0 N–H and O–H groups in total. The predicted molar refractivity (Wildman–Crippen MR) is 105 cm³/mol. The van der Waals surface area contributed by atoms with E-state index in [1.807, 2.05) is 37.3 Å². The standard InChI is InChI=1S/C21H19N3O2S/c1-13-4-7-16(8-5-13)19-23-24-21(26-19)27-12-17-11-25-20(22-17)18-9-6-14(2)10-15(18)3/h4-11H,12H2,1-3H3. The first-order valence-electron chi connectivity index (χ1n) is 8.64. The van der Waals surface area contributed by atoms with Crippen LogP contribution >= 0.6 is 11.8 Å². The summed E-state index contributed by atoms with van der Waals surface area (Å²) in [6.45, 7) is 6.18. The molecule has 2 heterocycles. The van der Waals surface area contributed by atoms with Gasteiger partial charge in [0.1, 0.15) is 6.26 Å². The maximum Gasteiger partial charge on any atom is 0.277 e. The van der Waals surface area contributed by atoms with Crippen LogP contribution < -0.4 is 0 Å². The molecule has 0 aliphatic rings. The van der Waals surface area contributed by atoms with Crippen molar-refractivity contribution in [2.75, 3.05) is 0 Å². The first kappa shape index (κ1) is 17.5. The van der Waals surface area contributed by atoms with Crippen LogP contribution in [-0.4, -0.2) is 15.2 Å². The molecule has 2 aromatic heterocycles. The predicted octanol–water partition coefficient (Wildman–Crippen LogP) is 5.61. The minimum Gasteiger partial charge on any atom is -0.444 e. The van der Waals surface area contributed by atoms with E-state index in [-0.39, 0.29) is 0 Å². The van der Waals surface area contributed by atoms with Crippen molar-refractivity contribution < 1.29 is 8.83 Å². The van der Waals surface area contributed by atoms with Crippen molar-refractivity contribution in [1.82, 2.24) is 15.2 Å². The van der Waals surface area contributed by atoms with Crippen LogP contribution in [-0.2, 0) is 5.75 Å². The molecule has 0 spiro atoms. The van der Waals surface area contributed by atoms with Gasteiger partial charge < -0.3 is 8.83 Å². The maximum absolute atomic E-state index is 5.74. The fourth-order valence-electron chi connectivity index (χ4n) is 2.77. The summed E-state index contributed by atoms with van der Waals surface area (Å²) in [7, 11) is 0. The van der Waals surface area contributed by atoms with E-state index >= 15 is 0 Å². The molecule has 0 fully saturated rings. The van der Waals surface area contributed by atoms with Crippen LogP contribution in [0, 0.1) is 20.8 Å². The zero-order chi connectivity index (χ0) is 18.8. The Morgan fingerprint density at radius 1 is 0.889 bits per heavy atom. The Morgan fingerprint density at radius 2 is 1.67 bits per heavy atom. The summed E-state index contributed by atoms with van der Waals surface area (Å²) in [5.41, 5.74) is 6.33. The molecule has 0 saturated heterocycles. The lowest BCUT2D eigenvalue weighted by molar-refractivity contribution is 0.466. The van der Waals surface area contributed by atoms with Crippen LogP contribution in [0.5, 0.6) is 0 Å². The summed E-state index contributed by atoms with van der Waals surface area (Å²) < 4.78 is 11.4. The summed E-state index contributed by atoms with van der Waals surface area (Å²) in [5.74, 6) is 1.76. The van der Waals surface area contributed by atoms with E-state index in [0.717, 1.165) is 22.4 Å². The molecule has 0 amide bonds. The fourth-order valence-corrected chi connectivity index (χ4v) is 3.41. The highest BCUT2D eigenvalue weighted by Gasteiger charge is 2.13. The quantitative estimate of drug-likeness (QED) is 0.421. The Bertz CT molecular complexity index is 1070. The molecular weight excluding hydrogens is 358 g/mol. The van der Waals surface area contributed by atoms with E-state index < -0.39 is 0 Å². The van der Waals surface area contributed by atoms with E-state index in [2.05, 4.69) is 41.2 Å². The minimum atomic E-state index is 0.515. The lowest BCUT2D eigenvalue weighted by Crippen LogP contribution is -1.86. The molecule has 0 unspecified atom stereocenters. The minimum absolute atomic E-state index is 0.515. The Hall–Kier alpha value is -2.86. The third-order valence-corrected chi connectivity index (χ3v) is 5.06. The van der Waals surface area contributed by atoms with E-state index in [4.69, 9.17) is 8.83 Å². The van der Waals surface area contributed by atoms with Gasteiger partial charge in [-0.3, -0.25) is 0 Å². The van der Waals surface area contributed by atoms with Gasteiger partial charge in [-0.05, 0) is 44.5 Å². The van der Waals surface area contributed by atoms with Crippen LogP contribution in [0.15, 0.2) is 62.8 Å². The van der Waals surface area contributed by atoms with Crippen molar-refractivity contribution in [2.24, 2.45) is 0 Å². The fraction of sp³-hybridized carbons (Fsp3) is 0.190. The van der Waals surface area contributed by atoms with Crippen LogP contribution in [0.2, 0.25) is 0 Å². The smallest absolute Gasteiger partial charge is 0.277 e. The normalized spacial score (nSPS) is 11.1. The largest absolute Gasteiger partial charge is 0.444 e.